The monoisotopic (exact) mass is 288 g/mol. The summed E-state index contributed by atoms with van der Waals surface area (Å²) in [6, 6.07) is 3.12. The number of nitrogens with two attached hydrogens (primary N) is 1. The highest BCUT2D eigenvalue weighted by atomic mass is 19.4. The summed E-state index contributed by atoms with van der Waals surface area (Å²) in [5.74, 6) is 3.80. The molecule has 0 atom stereocenters. The molecule has 20 heavy (non-hydrogen) atoms. The van der Waals surface area contributed by atoms with Gasteiger partial charge in [-0.15, -0.1) is 0 Å². The molecule has 1 fully saturated rings. The second-order valence-electron chi connectivity index (χ2n) is 4.65. The van der Waals surface area contributed by atoms with Gasteiger partial charge in [0.15, 0.2) is 5.82 Å². The van der Waals surface area contributed by atoms with Crippen LogP contribution in [0.25, 0.3) is 0 Å². The zero-order valence-electron chi connectivity index (χ0n) is 10.7. The molecule has 0 aromatic carbocycles. The van der Waals surface area contributed by atoms with Crippen LogP contribution < -0.4 is 11.3 Å². The Kier molecular flexibility index (Phi) is 4.12. The molecule has 0 saturated carbocycles. The number of rotatable bonds is 2. The number of hydrogen-bond acceptors (Lipinski definition) is 4. The van der Waals surface area contributed by atoms with E-state index in [1.807, 2.05) is 0 Å². The molecule has 2 heterocycles. The van der Waals surface area contributed by atoms with Crippen LogP contribution in [-0.4, -0.2) is 35.1 Å². The molecule has 5 nitrogen and oxygen atoms in total. The molecule has 1 amide bonds. The van der Waals surface area contributed by atoms with Crippen LogP contribution in [0.15, 0.2) is 18.3 Å². The maximum absolute atomic E-state index is 12.6. The molecule has 2 rings (SSSR count). The fourth-order valence-electron chi connectivity index (χ4n) is 2.27. The second-order valence-corrected chi connectivity index (χ2v) is 4.65. The van der Waals surface area contributed by atoms with Gasteiger partial charge < -0.3 is 10.3 Å². The van der Waals surface area contributed by atoms with E-state index in [2.05, 4.69) is 10.4 Å². The Labute approximate surface area is 113 Å². The first-order valence-corrected chi connectivity index (χ1v) is 6.21. The number of anilines is 1. The third kappa shape index (κ3) is 3.01. The average Bonchev–Trinajstić information content (AvgIpc) is 2.45. The van der Waals surface area contributed by atoms with E-state index < -0.39 is 12.1 Å². The summed E-state index contributed by atoms with van der Waals surface area (Å²) >= 11 is 0. The number of piperidine rings is 1. The molecule has 0 aliphatic carbocycles. The van der Waals surface area contributed by atoms with E-state index in [1.165, 1.54) is 11.1 Å². The predicted molar refractivity (Wildman–Crippen MR) is 66.7 cm³/mol. The topological polar surface area (TPSA) is 71.2 Å². The number of hydrogen-bond donors (Lipinski definition) is 2. The van der Waals surface area contributed by atoms with Gasteiger partial charge in [0.25, 0.3) is 5.91 Å². The number of nitrogens with one attached hydrogen (secondary N) is 1. The van der Waals surface area contributed by atoms with Crippen LogP contribution in [0.2, 0.25) is 0 Å². The van der Waals surface area contributed by atoms with E-state index in [-0.39, 0.29) is 43.2 Å². The molecule has 1 saturated heterocycles. The highest BCUT2D eigenvalue weighted by Gasteiger charge is 2.41. The molecule has 1 aliphatic heterocycles. The first kappa shape index (κ1) is 14.6. The minimum absolute atomic E-state index is 0.0686. The van der Waals surface area contributed by atoms with Gasteiger partial charge in [-0.2, -0.15) is 13.2 Å². The number of alkyl halides is 3. The number of nitrogens with zero attached hydrogens (tertiary/aromatic N) is 2. The summed E-state index contributed by atoms with van der Waals surface area (Å²) in [7, 11) is 0. The number of carbonyl (C=O) groups excluding carboxylic acids is 1. The smallest absolute Gasteiger partial charge is 0.338 e. The lowest BCUT2D eigenvalue weighted by atomic mass is 9.96. The number of nitrogen functional groups attached to an aromatic ring is 1. The minimum atomic E-state index is -4.19. The van der Waals surface area contributed by atoms with Gasteiger partial charge in [0.2, 0.25) is 0 Å². The molecule has 3 N–H and O–H groups in total. The summed E-state index contributed by atoms with van der Waals surface area (Å²) < 4.78 is 37.7. The third-order valence-electron chi connectivity index (χ3n) is 3.42. The largest absolute Gasteiger partial charge is 0.391 e. The van der Waals surface area contributed by atoms with Crippen molar-refractivity contribution >= 4 is 11.7 Å². The van der Waals surface area contributed by atoms with E-state index in [4.69, 9.17) is 5.84 Å². The van der Waals surface area contributed by atoms with Crippen molar-refractivity contribution in [3.8, 4) is 0 Å². The highest BCUT2D eigenvalue weighted by Crippen LogP contribution is 2.34. The molecule has 110 valence electrons. The Hall–Kier alpha value is -1.83. The van der Waals surface area contributed by atoms with E-state index >= 15 is 0 Å². The summed E-state index contributed by atoms with van der Waals surface area (Å²) in [5.41, 5.74) is 2.57. The number of amides is 1. The first-order chi connectivity index (χ1) is 9.43. The van der Waals surface area contributed by atoms with Crippen molar-refractivity contribution in [2.45, 2.75) is 19.0 Å². The molecule has 0 bridgehead atoms. The Morgan fingerprint density at radius 2 is 2.05 bits per heavy atom. The van der Waals surface area contributed by atoms with Crippen LogP contribution in [0.4, 0.5) is 19.0 Å². The fraction of sp³-hybridized carbons (Fsp3) is 0.500. The van der Waals surface area contributed by atoms with E-state index in [9.17, 15) is 18.0 Å². The lowest BCUT2D eigenvalue weighted by Crippen LogP contribution is -2.42. The zero-order chi connectivity index (χ0) is 14.8. The summed E-state index contributed by atoms with van der Waals surface area (Å²) in [6.07, 6.45) is -2.85. The van der Waals surface area contributed by atoms with Gasteiger partial charge in [-0.25, -0.2) is 10.8 Å². The quantitative estimate of drug-likeness (QED) is 0.643. The number of hydrazine groups is 1. The van der Waals surface area contributed by atoms with Crippen LogP contribution in [0.3, 0.4) is 0 Å². The summed E-state index contributed by atoms with van der Waals surface area (Å²) in [6.45, 7) is 0.170. The van der Waals surface area contributed by atoms with Crippen molar-refractivity contribution in [2.75, 3.05) is 18.5 Å². The Morgan fingerprint density at radius 3 is 2.60 bits per heavy atom. The van der Waals surface area contributed by atoms with Gasteiger partial charge in [-0.3, -0.25) is 4.79 Å². The Balaban J connectivity index is 2.05. The van der Waals surface area contributed by atoms with Crippen LogP contribution in [-0.2, 0) is 0 Å². The number of halogens is 3. The number of aromatic nitrogens is 1. The number of carbonyl (C=O) groups is 1. The van der Waals surface area contributed by atoms with E-state index in [0.29, 0.717) is 0 Å². The van der Waals surface area contributed by atoms with E-state index in [1.54, 1.807) is 12.1 Å². The highest BCUT2D eigenvalue weighted by molar-refractivity contribution is 5.98. The van der Waals surface area contributed by atoms with Gasteiger partial charge in [0, 0.05) is 19.3 Å². The molecular weight excluding hydrogens is 273 g/mol. The molecule has 0 spiro atoms. The van der Waals surface area contributed by atoms with Crippen molar-refractivity contribution in [1.29, 1.82) is 0 Å². The second kappa shape index (κ2) is 5.66. The lowest BCUT2D eigenvalue weighted by Gasteiger charge is -2.33. The SMILES string of the molecule is NNc1ncccc1C(=O)N1CCC(C(F)(F)F)CC1. The number of likely N-dealkylation sites (tertiary alicyclic amines) is 1. The van der Waals surface area contributed by atoms with Crippen molar-refractivity contribution in [3.63, 3.8) is 0 Å². The third-order valence-corrected chi connectivity index (χ3v) is 3.42. The van der Waals surface area contributed by atoms with Crippen LogP contribution in [0.1, 0.15) is 23.2 Å². The number of pyridine rings is 1. The first-order valence-electron chi connectivity index (χ1n) is 6.21. The van der Waals surface area contributed by atoms with E-state index in [0.717, 1.165) is 0 Å². The van der Waals surface area contributed by atoms with Crippen molar-refractivity contribution in [1.82, 2.24) is 9.88 Å². The minimum Gasteiger partial charge on any atom is -0.338 e. The predicted octanol–water partition coefficient (Wildman–Crippen LogP) is 1.78. The van der Waals surface area contributed by atoms with Crippen LogP contribution in [0, 0.1) is 5.92 Å². The van der Waals surface area contributed by atoms with Crippen molar-refractivity contribution in [2.24, 2.45) is 11.8 Å². The molecule has 1 aliphatic rings. The van der Waals surface area contributed by atoms with Crippen molar-refractivity contribution in [3.05, 3.63) is 23.9 Å². The Morgan fingerprint density at radius 1 is 1.40 bits per heavy atom. The lowest BCUT2D eigenvalue weighted by molar-refractivity contribution is -0.183. The van der Waals surface area contributed by atoms with Gasteiger partial charge >= 0.3 is 6.18 Å². The van der Waals surface area contributed by atoms with Crippen LogP contribution >= 0.6 is 0 Å². The molecule has 1 aromatic rings. The fourth-order valence-corrected chi connectivity index (χ4v) is 2.27. The normalized spacial score (nSPS) is 17.1. The molecule has 0 radical (unpaired) electrons. The Bertz CT molecular complexity index is 484. The maximum Gasteiger partial charge on any atom is 0.391 e. The standard InChI is InChI=1S/C12H15F3N4O/c13-12(14,15)8-3-6-19(7-4-8)11(20)9-2-1-5-17-10(9)18-16/h1-2,5,8H,3-4,6-7,16H2,(H,17,18). The van der Waals surface area contributed by atoms with Crippen LogP contribution in [0.5, 0.6) is 0 Å². The van der Waals surface area contributed by atoms with Gasteiger partial charge in [-0.05, 0) is 25.0 Å². The van der Waals surface area contributed by atoms with Gasteiger partial charge in [0.1, 0.15) is 0 Å². The van der Waals surface area contributed by atoms with Gasteiger partial charge in [0.05, 0.1) is 11.5 Å². The molecule has 1 aromatic heterocycles. The van der Waals surface area contributed by atoms with Gasteiger partial charge in [-0.1, -0.05) is 0 Å². The van der Waals surface area contributed by atoms with Crippen molar-refractivity contribution < 1.29 is 18.0 Å². The average molecular weight is 288 g/mol. The zero-order valence-corrected chi connectivity index (χ0v) is 10.7. The maximum atomic E-state index is 12.6. The molecule has 0 unspecified atom stereocenters. The summed E-state index contributed by atoms with van der Waals surface area (Å²) in [4.78, 5) is 17.6. The summed E-state index contributed by atoms with van der Waals surface area (Å²) in [5, 5.41) is 0. The molecule has 8 heteroatoms. The molecular formula is C12H15F3N4O.